The second kappa shape index (κ2) is 6.81. The van der Waals surface area contributed by atoms with Crippen molar-refractivity contribution in [1.29, 1.82) is 0 Å². The molecule has 0 unspecified atom stereocenters. The second-order valence-electron chi connectivity index (χ2n) is 3.15. The molecule has 4 nitrogen and oxygen atoms in total. The van der Waals surface area contributed by atoms with E-state index in [1.54, 1.807) is 31.0 Å². The highest BCUT2D eigenvalue weighted by atomic mass is 16.4. The van der Waals surface area contributed by atoms with Gasteiger partial charge in [0.1, 0.15) is 0 Å². The van der Waals surface area contributed by atoms with Crippen LogP contribution in [0.15, 0.2) is 24.4 Å². The van der Waals surface area contributed by atoms with Gasteiger partial charge in [0.25, 0.3) is 0 Å². The van der Waals surface area contributed by atoms with E-state index in [4.69, 9.17) is 5.11 Å². The summed E-state index contributed by atoms with van der Waals surface area (Å²) in [4.78, 5) is 22.2. The van der Waals surface area contributed by atoms with Crippen molar-refractivity contribution in [2.75, 3.05) is 6.54 Å². The molecule has 0 aliphatic carbocycles. The molecule has 0 aromatic carbocycles. The van der Waals surface area contributed by atoms with Crippen LogP contribution in [-0.2, 0) is 9.59 Å². The van der Waals surface area contributed by atoms with Gasteiger partial charge in [-0.2, -0.15) is 0 Å². The molecule has 1 heterocycles. The number of carboxylic acid groups (broad SMARTS) is 1. The first-order valence-corrected chi connectivity index (χ1v) is 4.81. The van der Waals surface area contributed by atoms with E-state index < -0.39 is 5.97 Å². The summed E-state index contributed by atoms with van der Waals surface area (Å²) in [6, 6.07) is 0. The van der Waals surface area contributed by atoms with Crippen LogP contribution in [0.3, 0.4) is 0 Å². The van der Waals surface area contributed by atoms with Crippen molar-refractivity contribution in [3.8, 4) is 0 Å². The molecule has 0 saturated carbocycles. The minimum absolute atomic E-state index is 0.208. The molecule has 84 valence electrons. The Labute approximate surface area is 89.9 Å². The van der Waals surface area contributed by atoms with E-state index in [0.29, 0.717) is 12.0 Å². The molecule has 0 radical (unpaired) electrons. The van der Waals surface area contributed by atoms with Gasteiger partial charge in [0.2, 0.25) is 5.91 Å². The first-order chi connectivity index (χ1) is 7.02. The van der Waals surface area contributed by atoms with Gasteiger partial charge < -0.3 is 10.0 Å². The van der Waals surface area contributed by atoms with Gasteiger partial charge in [0.05, 0.1) is 0 Å². The van der Waals surface area contributed by atoms with Crippen LogP contribution in [0, 0.1) is 0 Å². The average molecular weight is 211 g/mol. The Morgan fingerprint density at radius 3 is 2.33 bits per heavy atom. The highest BCUT2D eigenvalue weighted by Gasteiger charge is 2.15. The number of rotatable bonds is 2. The smallest absolute Gasteiger partial charge is 0.330 e. The van der Waals surface area contributed by atoms with E-state index in [9.17, 15) is 9.59 Å². The number of carboxylic acids is 1. The molecule has 0 aromatic heterocycles. The zero-order valence-electron chi connectivity index (χ0n) is 9.19. The quantitative estimate of drug-likeness (QED) is 0.708. The van der Waals surface area contributed by atoms with Crippen LogP contribution in [0.25, 0.3) is 0 Å². The Morgan fingerprint density at radius 2 is 2.20 bits per heavy atom. The zero-order chi connectivity index (χ0) is 11.8. The second-order valence-corrected chi connectivity index (χ2v) is 3.15. The van der Waals surface area contributed by atoms with E-state index in [0.717, 1.165) is 13.0 Å². The van der Waals surface area contributed by atoms with E-state index in [1.165, 1.54) is 0 Å². The van der Waals surface area contributed by atoms with E-state index in [-0.39, 0.29) is 5.91 Å². The fourth-order valence-corrected chi connectivity index (χ4v) is 0.986. The van der Waals surface area contributed by atoms with Crippen LogP contribution in [0.4, 0.5) is 0 Å². The molecule has 1 rings (SSSR count). The molecular weight excluding hydrogens is 194 g/mol. The molecule has 0 aromatic rings. The minimum Gasteiger partial charge on any atom is -0.478 e. The fourth-order valence-electron chi connectivity index (χ4n) is 0.986. The van der Waals surface area contributed by atoms with Gasteiger partial charge in [-0.05, 0) is 26.5 Å². The van der Waals surface area contributed by atoms with Gasteiger partial charge in [-0.1, -0.05) is 12.7 Å². The van der Waals surface area contributed by atoms with Crippen molar-refractivity contribution in [2.45, 2.75) is 26.7 Å². The molecular formula is C11H17NO3. The number of aliphatic carboxylic acids is 1. The summed E-state index contributed by atoms with van der Waals surface area (Å²) >= 11 is 0. The monoisotopic (exact) mass is 211 g/mol. The largest absolute Gasteiger partial charge is 0.478 e. The van der Waals surface area contributed by atoms with E-state index in [2.05, 4.69) is 6.58 Å². The number of hydrogen-bond donors (Lipinski definition) is 1. The minimum atomic E-state index is -0.845. The topological polar surface area (TPSA) is 57.6 Å². The Morgan fingerprint density at radius 1 is 1.60 bits per heavy atom. The fraction of sp³-hybridized carbons (Fsp3) is 0.455. The summed E-state index contributed by atoms with van der Waals surface area (Å²) in [6.07, 6.45) is 4.84. The summed E-state index contributed by atoms with van der Waals surface area (Å²) in [5.74, 6) is -0.637. The summed E-state index contributed by atoms with van der Waals surface area (Å²) < 4.78 is 0. The molecule has 1 fully saturated rings. The highest BCUT2D eigenvalue weighted by Crippen LogP contribution is 2.08. The lowest BCUT2D eigenvalue weighted by molar-refractivity contribution is -0.132. The molecule has 1 saturated heterocycles. The van der Waals surface area contributed by atoms with Crippen molar-refractivity contribution < 1.29 is 14.7 Å². The molecule has 4 heteroatoms. The molecule has 15 heavy (non-hydrogen) atoms. The van der Waals surface area contributed by atoms with Crippen LogP contribution in [-0.4, -0.2) is 28.4 Å². The van der Waals surface area contributed by atoms with Crippen LogP contribution in [0.1, 0.15) is 26.7 Å². The number of nitrogens with zero attached hydrogens (tertiary/aromatic N) is 1. The molecule has 0 bridgehead atoms. The van der Waals surface area contributed by atoms with Crippen LogP contribution < -0.4 is 0 Å². The third kappa shape index (κ3) is 5.00. The maximum atomic E-state index is 10.7. The van der Waals surface area contributed by atoms with Crippen molar-refractivity contribution in [3.63, 3.8) is 0 Å². The number of allylic oxidation sites excluding steroid dienone is 1. The summed E-state index contributed by atoms with van der Waals surface area (Å²) in [5, 5.41) is 8.11. The summed E-state index contributed by atoms with van der Waals surface area (Å²) in [7, 11) is 0. The Balaban J connectivity index is 0.000000265. The van der Waals surface area contributed by atoms with Gasteiger partial charge in [0, 0.05) is 18.5 Å². The van der Waals surface area contributed by atoms with Crippen LogP contribution in [0.5, 0.6) is 0 Å². The van der Waals surface area contributed by atoms with E-state index >= 15 is 0 Å². The molecule has 1 aliphatic rings. The van der Waals surface area contributed by atoms with Crippen molar-refractivity contribution in [1.82, 2.24) is 4.90 Å². The number of carbonyl (C=O) groups excluding carboxylic acids is 1. The Kier molecular flexibility index (Phi) is 6.09. The average Bonchev–Trinajstić information content (AvgIpc) is 2.63. The first kappa shape index (κ1) is 13.4. The molecule has 1 N–H and O–H groups in total. The molecule has 0 spiro atoms. The predicted octanol–water partition coefficient (Wildman–Crippen LogP) is 1.79. The normalized spacial score (nSPS) is 15.7. The van der Waals surface area contributed by atoms with Gasteiger partial charge >= 0.3 is 5.97 Å². The number of likely N-dealkylation sites (tertiary alicyclic amines) is 1. The van der Waals surface area contributed by atoms with Crippen LogP contribution >= 0.6 is 0 Å². The summed E-state index contributed by atoms with van der Waals surface area (Å²) in [6.45, 7) is 7.62. The lowest BCUT2D eigenvalue weighted by Crippen LogP contribution is -2.16. The van der Waals surface area contributed by atoms with Gasteiger partial charge in [-0.25, -0.2) is 4.79 Å². The first-order valence-electron chi connectivity index (χ1n) is 4.81. The number of amides is 1. The van der Waals surface area contributed by atoms with E-state index in [1.807, 2.05) is 0 Å². The van der Waals surface area contributed by atoms with Crippen molar-refractivity contribution in [2.24, 2.45) is 0 Å². The zero-order valence-corrected chi connectivity index (χ0v) is 9.19. The number of hydrogen-bond acceptors (Lipinski definition) is 2. The third-order valence-corrected chi connectivity index (χ3v) is 2.10. The Hall–Kier alpha value is -1.58. The van der Waals surface area contributed by atoms with Crippen LogP contribution in [0.2, 0.25) is 0 Å². The molecule has 0 atom stereocenters. The van der Waals surface area contributed by atoms with Gasteiger partial charge in [0.15, 0.2) is 0 Å². The predicted molar refractivity (Wildman–Crippen MR) is 58.2 cm³/mol. The lowest BCUT2D eigenvalue weighted by Gasteiger charge is -2.05. The lowest BCUT2D eigenvalue weighted by atomic mass is 10.3. The van der Waals surface area contributed by atoms with Gasteiger partial charge in [-0.3, -0.25) is 4.79 Å². The maximum Gasteiger partial charge on any atom is 0.330 e. The SMILES string of the molecule is C/C=C(\C)C(=O)O.C=CN1CCCC1=O. The molecule has 1 aliphatic heterocycles. The van der Waals surface area contributed by atoms with Crippen molar-refractivity contribution >= 4 is 11.9 Å². The summed E-state index contributed by atoms with van der Waals surface area (Å²) in [5.41, 5.74) is 0.389. The highest BCUT2D eigenvalue weighted by molar-refractivity contribution is 5.85. The molecule has 1 amide bonds. The third-order valence-electron chi connectivity index (χ3n) is 2.10. The maximum absolute atomic E-state index is 10.7. The number of carbonyl (C=O) groups is 2. The Bertz CT molecular complexity index is 282. The van der Waals surface area contributed by atoms with Crippen molar-refractivity contribution in [3.05, 3.63) is 24.4 Å². The van der Waals surface area contributed by atoms with Gasteiger partial charge in [-0.15, -0.1) is 0 Å². The standard InChI is InChI=1S/C6H9NO.C5H8O2/c1-2-7-5-3-4-6(7)8;1-3-4(2)5(6)7/h2H,1,3-5H2;3H,1-2H3,(H,6,7)/b;4-3+.